The summed E-state index contributed by atoms with van der Waals surface area (Å²) in [7, 11) is 0. The number of piperidine rings is 1. The minimum absolute atomic E-state index is 0.0729. The maximum atomic E-state index is 12.2. The van der Waals surface area contributed by atoms with E-state index in [0.29, 0.717) is 25.4 Å². The Balaban J connectivity index is 1.87. The summed E-state index contributed by atoms with van der Waals surface area (Å²) in [5.74, 6) is -0.598. The predicted octanol–water partition coefficient (Wildman–Crippen LogP) is 2.07. The van der Waals surface area contributed by atoms with E-state index in [-0.39, 0.29) is 12.1 Å². The van der Waals surface area contributed by atoms with Gasteiger partial charge in [0.1, 0.15) is 0 Å². The lowest BCUT2D eigenvalue weighted by molar-refractivity contribution is -0.143. The SMILES string of the molecule is CCC1CCCC1NC(=O)N1CCCC(C(=O)O)C1. The topological polar surface area (TPSA) is 69.6 Å². The number of hydrogen-bond donors (Lipinski definition) is 2. The van der Waals surface area contributed by atoms with Crippen LogP contribution in [-0.2, 0) is 4.79 Å². The van der Waals surface area contributed by atoms with Crippen LogP contribution >= 0.6 is 0 Å². The van der Waals surface area contributed by atoms with Crippen LogP contribution < -0.4 is 5.32 Å². The Morgan fingerprint density at radius 2 is 2.05 bits per heavy atom. The van der Waals surface area contributed by atoms with E-state index in [1.165, 1.54) is 12.8 Å². The van der Waals surface area contributed by atoms with Gasteiger partial charge in [0, 0.05) is 19.1 Å². The van der Waals surface area contributed by atoms with Gasteiger partial charge in [-0.15, -0.1) is 0 Å². The first-order valence-corrected chi connectivity index (χ1v) is 7.40. The molecule has 0 radical (unpaired) electrons. The molecule has 108 valence electrons. The van der Waals surface area contributed by atoms with Crippen LogP contribution in [0.25, 0.3) is 0 Å². The third-order valence-electron chi connectivity index (χ3n) is 4.55. The van der Waals surface area contributed by atoms with E-state index in [1.54, 1.807) is 4.90 Å². The average Bonchev–Trinajstić information content (AvgIpc) is 2.86. The number of nitrogens with zero attached hydrogens (tertiary/aromatic N) is 1. The van der Waals surface area contributed by atoms with Crippen LogP contribution in [0.3, 0.4) is 0 Å². The minimum atomic E-state index is -0.787. The fraction of sp³-hybridized carbons (Fsp3) is 0.857. The summed E-state index contributed by atoms with van der Waals surface area (Å²) in [6.45, 7) is 3.19. The second-order valence-electron chi connectivity index (χ2n) is 5.78. The summed E-state index contributed by atoms with van der Waals surface area (Å²) in [5, 5.41) is 12.1. The lowest BCUT2D eigenvalue weighted by atomic mass is 9.98. The highest BCUT2D eigenvalue weighted by molar-refractivity contribution is 5.76. The van der Waals surface area contributed by atoms with E-state index in [4.69, 9.17) is 5.11 Å². The van der Waals surface area contributed by atoms with Crippen LogP contribution in [0.15, 0.2) is 0 Å². The Bertz CT molecular complexity index is 346. The molecule has 5 heteroatoms. The van der Waals surface area contributed by atoms with Crippen molar-refractivity contribution in [3.63, 3.8) is 0 Å². The molecule has 2 N–H and O–H groups in total. The van der Waals surface area contributed by atoms with Gasteiger partial charge in [0.25, 0.3) is 0 Å². The number of amides is 2. The van der Waals surface area contributed by atoms with Gasteiger partial charge in [0.15, 0.2) is 0 Å². The van der Waals surface area contributed by atoms with E-state index < -0.39 is 11.9 Å². The monoisotopic (exact) mass is 268 g/mol. The normalized spacial score (nSPS) is 31.2. The third kappa shape index (κ3) is 3.39. The van der Waals surface area contributed by atoms with Gasteiger partial charge in [-0.1, -0.05) is 19.8 Å². The van der Waals surface area contributed by atoms with Crippen molar-refractivity contribution >= 4 is 12.0 Å². The van der Waals surface area contributed by atoms with E-state index in [2.05, 4.69) is 12.2 Å². The first-order valence-electron chi connectivity index (χ1n) is 7.40. The average molecular weight is 268 g/mol. The molecule has 2 aliphatic rings. The summed E-state index contributed by atoms with van der Waals surface area (Å²) in [5.41, 5.74) is 0. The number of rotatable bonds is 3. The van der Waals surface area contributed by atoms with Crippen LogP contribution in [-0.4, -0.2) is 41.1 Å². The number of urea groups is 1. The number of carbonyl (C=O) groups is 2. The molecule has 0 spiro atoms. The maximum Gasteiger partial charge on any atom is 0.317 e. The molecule has 1 heterocycles. The first kappa shape index (κ1) is 14.2. The third-order valence-corrected chi connectivity index (χ3v) is 4.55. The summed E-state index contributed by atoms with van der Waals surface area (Å²) in [6, 6.07) is 0.207. The highest BCUT2D eigenvalue weighted by Gasteiger charge is 2.31. The Morgan fingerprint density at radius 1 is 1.26 bits per heavy atom. The van der Waals surface area contributed by atoms with Crippen LogP contribution in [0.2, 0.25) is 0 Å². The Hall–Kier alpha value is -1.26. The van der Waals surface area contributed by atoms with Crippen LogP contribution in [0.4, 0.5) is 4.79 Å². The molecule has 2 fully saturated rings. The molecular weight excluding hydrogens is 244 g/mol. The van der Waals surface area contributed by atoms with Gasteiger partial charge < -0.3 is 15.3 Å². The molecule has 3 atom stereocenters. The van der Waals surface area contributed by atoms with Gasteiger partial charge in [-0.25, -0.2) is 4.79 Å². The number of hydrogen-bond acceptors (Lipinski definition) is 2. The standard InChI is InChI=1S/C14H24N2O3/c1-2-10-5-3-7-12(10)15-14(19)16-8-4-6-11(9-16)13(17)18/h10-12H,2-9H2,1H3,(H,15,19)(H,17,18). The number of carboxylic acid groups (broad SMARTS) is 1. The van der Waals surface area contributed by atoms with Crippen molar-refractivity contribution in [2.45, 2.75) is 51.5 Å². The molecule has 19 heavy (non-hydrogen) atoms. The zero-order valence-corrected chi connectivity index (χ0v) is 11.6. The van der Waals surface area contributed by atoms with Crippen molar-refractivity contribution in [1.29, 1.82) is 0 Å². The molecular formula is C14H24N2O3. The highest BCUT2D eigenvalue weighted by Crippen LogP contribution is 2.28. The molecule has 2 amide bonds. The van der Waals surface area contributed by atoms with Crippen molar-refractivity contribution in [3.05, 3.63) is 0 Å². The fourth-order valence-electron chi connectivity index (χ4n) is 3.33. The molecule has 1 saturated carbocycles. The molecule has 1 aliphatic heterocycles. The van der Waals surface area contributed by atoms with Crippen LogP contribution in [0, 0.1) is 11.8 Å². The Labute approximate surface area is 114 Å². The van der Waals surface area contributed by atoms with E-state index in [1.807, 2.05) is 0 Å². The summed E-state index contributed by atoms with van der Waals surface area (Å²) >= 11 is 0. The van der Waals surface area contributed by atoms with Gasteiger partial charge in [-0.05, 0) is 31.6 Å². The van der Waals surface area contributed by atoms with Crippen molar-refractivity contribution in [1.82, 2.24) is 10.2 Å². The zero-order valence-electron chi connectivity index (χ0n) is 11.6. The van der Waals surface area contributed by atoms with Crippen LogP contribution in [0.5, 0.6) is 0 Å². The van der Waals surface area contributed by atoms with Crippen molar-refractivity contribution in [2.24, 2.45) is 11.8 Å². The van der Waals surface area contributed by atoms with Gasteiger partial charge in [0.05, 0.1) is 5.92 Å². The number of nitrogens with one attached hydrogen (secondary N) is 1. The lowest BCUT2D eigenvalue weighted by Crippen LogP contribution is -2.50. The van der Waals surface area contributed by atoms with E-state index >= 15 is 0 Å². The fourth-order valence-corrected chi connectivity index (χ4v) is 3.33. The van der Waals surface area contributed by atoms with Gasteiger partial charge in [-0.3, -0.25) is 4.79 Å². The molecule has 0 aromatic heterocycles. The van der Waals surface area contributed by atoms with Gasteiger partial charge in [-0.2, -0.15) is 0 Å². The van der Waals surface area contributed by atoms with Crippen LogP contribution in [0.1, 0.15) is 45.4 Å². The molecule has 1 saturated heterocycles. The Kier molecular flexibility index (Phi) is 4.66. The molecule has 0 aromatic carbocycles. The van der Waals surface area contributed by atoms with Crippen molar-refractivity contribution in [3.8, 4) is 0 Å². The van der Waals surface area contributed by atoms with Gasteiger partial charge in [0.2, 0.25) is 0 Å². The molecule has 0 aromatic rings. The Morgan fingerprint density at radius 3 is 2.74 bits per heavy atom. The lowest BCUT2D eigenvalue weighted by Gasteiger charge is -2.32. The zero-order chi connectivity index (χ0) is 13.8. The second kappa shape index (κ2) is 6.26. The first-order chi connectivity index (χ1) is 9.11. The van der Waals surface area contributed by atoms with Crippen molar-refractivity contribution in [2.75, 3.05) is 13.1 Å². The smallest absolute Gasteiger partial charge is 0.317 e. The largest absolute Gasteiger partial charge is 0.481 e. The highest BCUT2D eigenvalue weighted by atomic mass is 16.4. The maximum absolute atomic E-state index is 12.2. The number of likely N-dealkylation sites (tertiary alicyclic amines) is 1. The predicted molar refractivity (Wildman–Crippen MR) is 71.9 cm³/mol. The number of carboxylic acids is 1. The molecule has 5 nitrogen and oxygen atoms in total. The summed E-state index contributed by atoms with van der Waals surface area (Å²) < 4.78 is 0. The molecule has 3 unspecified atom stereocenters. The minimum Gasteiger partial charge on any atom is -0.481 e. The number of aliphatic carboxylic acids is 1. The number of carbonyl (C=O) groups excluding carboxylic acids is 1. The van der Waals surface area contributed by atoms with Gasteiger partial charge >= 0.3 is 12.0 Å². The molecule has 0 bridgehead atoms. The van der Waals surface area contributed by atoms with Crippen molar-refractivity contribution < 1.29 is 14.7 Å². The molecule has 1 aliphatic carbocycles. The van der Waals surface area contributed by atoms with E-state index in [0.717, 1.165) is 19.3 Å². The van der Waals surface area contributed by atoms with E-state index in [9.17, 15) is 9.59 Å². The summed E-state index contributed by atoms with van der Waals surface area (Å²) in [4.78, 5) is 24.9. The molecule has 2 rings (SSSR count). The second-order valence-corrected chi connectivity index (χ2v) is 5.78. The summed E-state index contributed by atoms with van der Waals surface area (Å²) in [6.07, 6.45) is 6.00. The quantitative estimate of drug-likeness (QED) is 0.823.